The number of allylic oxidation sites excluding steroid dienone is 2. The minimum absolute atomic E-state index is 0.393. The molecule has 0 saturated heterocycles. The summed E-state index contributed by atoms with van der Waals surface area (Å²) < 4.78 is 29.2. The van der Waals surface area contributed by atoms with Gasteiger partial charge in [0.25, 0.3) is 0 Å². The van der Waals surface area contributed by atoms with Crippen LogP contribution in [0.4, 0.5) is 8.78 Å². The highest BCUT2D eigenvalue weighted by Gasteiger charge is 2.29. The zero-order valence-electron chi connectivity index (χ0n) is 16.1. The summed E-state index contributed by atoms with van der Waals surface area (Å²) in [6.07, 6.45) is 5.58. The number of halogens is 2. The molecule has 0 radical (unpaired) electrons. The maximum absolute atomic E-state index is 13.6. The average molecular weight is 389 g/mol. The Kier molecular flexibility index (Phi) is 5.18. The van der Waals surface area contributed by atoms with Gasteiger partial charge in [0.05, 0.1) is 28.5 Å². The second-order valence-corrected chi connectivity index (χ2v) is 7.12. The summed E-state index contributed by atoms with van der Waals surface area (Å²) in [5.74, 6) is 0. The van der Waals surface area contributed by atoms with Crippen molar-refractivity contribution in [3.63, 3.8) is 0 Å². The van der Waals surface area contributed by atoms with E-state index >= 15 is 0 Å². The van der Waals surface area contributed by atoms with E-state index in [1.807, 2.05) is 78.2 Å². The van der Waals surface area contributed by atoms with Crippen LogP contribution in [0.3, 0.4) is 0 Å². The van der Waals surface area contributed by atoms with Crippen LogP contribution in [0.1, 0.15) is 16.8 Å². The maximum atomic E-state index is 13.6. The number of nitrogens with zero attached hydrogens (tertiary/aromatic N) is 3. The van der Waals surface area contributed by atoms with Gasteiger partial charge < -0.3 is 9.47 Å². The first-order valence-electron chi connectivity index (χ1n) is 9.56. The van der Waals surface area contributed by atoms with Crippen molar-refractivity contribution in [2.45, 2.75) is 13.0 Å². The van der Waals surface area contributed by atoms with Crippen molar-refractivity contribution in [1.29, 1.82) is 5.26 Å². The summed E-state index contributed by atoms with van der Waals surface area (Å²) in [6, 6.07) is 17.2. The summed E-state index contributed by atoms with van der Waals surface area (Å²) in [5.41, 5.74) is 4.69. The Balaban J connectivity index is 2.07. The molecule has 29 heavy (non-hydrogen) atoms. The molecule has 0 fully saturated rings. The maximum Gasteiger partial charge on any atom is 0.112 e. The van der Waals surface area contributed by atoms with Gasteiger partial charge in [0, 0.05) is 17.6 Å². The summed E-state index contributed by atoms with van der Waals surface area (Å²) in [5, 5.41) is 10.9. The summed E-state index contributed by atoms with van der Waals surface area (Å²) >= 11 is 0. The van der Waals surface area contributed by atoms with E-state index in [1.54, 1.807) is 4.90 Å². The number of alkyl halides is 2. The molecule has 0 spiro atoms. The molecule has 0 amide bonds. The number of fused-ring (bicyclic) bond motifs is 1. The van der Waals surface area contributed by atoms with Crippen molar-refractivity contribution in [2.24, 2.45) is 0 Å². The Hall–Kier alpha value is -3.39. The van der Waals surface area contributed by atoms with Crippen molar-refractivity contribution >= 4 is 16.6 Å². The van der Waals surface area contributed by atoms with Gasteiger partial charge in [-0.05, 0) is 36.8 Å². The van der Waals surface area contributed by atoms with Gasteiger partial charge in [0.1, 0.15) is 19.4 Å². The molecule has 0 aliphatic carbocycles. The molecular formula is C24H21F2N3. The zero-order valence-corrected chi connectivity index (χ0v) is 16.1. The molecule has 1 aliphatic heterocycles. The van der Waals surface area contributed by atoms with Crippen molar-refractivity contribution in [2.75, 3.05) is 19.9 Å². The average Bonchev–Trinajstić information content (AvgIpc) is 3.08. The Labute approximate surface area is 168 Å². The number of hydrogen-bond acceptors (Lipinski definition) is 2. The molecule has 4 rings (SSSR count). The van der Waals surface area contributed by atoms with Gasteiger partial charge in [-0.25, -0.2) is 8.78 Å². The van der Waals surface area contributed by atoms with E-state index in [-0.39, 0.29) is 0 Å². The van der Waals surface area contributed by atoms with Gasteiger partial charge in [-0.2, -0.15) is 5.26 Å². The van der Waals surface area contributed by atoms with Crippen LogP contribution < -0.4 is 0 Å². The predicted octanol–water partition coefficient (Wildman–Crippen LogP) is 5.33. The van der Waals surface area contributed by atoms with Crippen LogP contribution in [0, 0.1) is 18.3 Å². The third-order valence-electron chi connectivity index (χ3n) is 5.29. The van der Waals surface area contributed by atoms with Crippen molar-refractivity contribution in [3.05, 3.63) is 83.6 Å². The molecular weight excluding hydrogens is 368 g/mol. The van der Waals surface area contributed by atoms with E-state index in [1.165, 1.54) is 0 Å². The Morgan fingerprint density at radius 3 is 2.55 bits per heavy atom. The monoisotopic (exact) mass is 389 g/mol. The number of aryl methyl sites for hydroxylation is 1. The lowest BCUT2D eigenvalue weighted by molar-refractivity contribution is 0.212. The summed E-state index contributed by atoms with van der Waals surface area (Å²) in [7, 11) is 0. The minimum Gasteiger partial charge on any atom is -0.358 e. The lowest BCUT2D eigenvalue weighted by Crippen LogP contribution is -2.39. The molecule has 5 heteroatoms. The fourth-order valence-electron chi connectivity index (χ4n) is 3.90. The predicted molar refractivity (Wildman–Crippen MR) is 112 cm³/mol. The second-order valence-electron chi connectivity index (χ2n) is 7.12. The van der Waals surface area contributed by atoms with Crippen LogP contribution in [-0.4, -0.2) is 35.4 Å². The smallest absolute Gasteiger partial charge is 0.112 e. The van der Waals surface area contributed by atoms with E-state index in [2.05, 4.69) is 6.07 Å². The molecule has 0 saturated carbocycles. The summed E-state index contributed by atoms with van der Waals surface area (Å²) in [6.45, 7) is 0.803. The number of para-hydroxylation sites is 1. The molecule has 0 bridgehead atoms. The molecule has 146 valence electrons. The van der Waals surface area contributed by atoms with E-state index in [0.717, 1.165) is 22.2 Å². The van der Waals surface area contributed by atoms with Gasteiger partial charge in [0.2, 0.25) is 0 Å². The van der Waals surface area contributed by atoms with Gasteiger partial charge in [0.15, 0.2) is 0 Å². The molecule has 1 aliphatic rings. The quantitative estimate of drug-likeness (QED) is 0.591. The van der Waals surface area contributed by atoms with Crippen LogP contribution >= 0.6 is 0 Å². The number of aromatic nitrogens is 1. The summed E-state index contributed by atoms with van der Waals surface area (Å²) in [4.78, 5) is 1.71. The molecule has 0 N–H and O–H groups in total. The van der Waals surface area contributed by atoms with Gasteiger partial charge in [-0.3, -0.25) is 0 Å². The SMILES string of the molecule is Cc1ccc2c(C#N)c(C3=CC=CCN3C(CF)CF)n(-c3ccccc3)c2c1. The highest BCUT2D eigenvalue weighted by molar-refractivity contribution is 5.95. The van der Waals surface area contributed by atoms with E-state index < -0.39 is 19.4 Å². The van der Waals surface area contributed by atoms with Crippen molar-refractivity contribution in [1.82, 2.24) is 9.47 Å². The molecule has 3 nitrogen and oxygen atoms in total. The first kappa shape index (κ1) is 18.9. The van der Waals surface area contributed by atoms with Crippen LogP contribution in [0.15, 0.2) is 66.8 Å². The Morgan fingerprint density at radius 1 is 1.10 bits per heavy atom. The third kappa shape index (κ3) is 3.21. The second kappa shape index (κ2) is 7.92. The van der Waals surface area contributed by atoms with Crippen LogP contribution in [-0.2, 0) is 0 Å². The molecule has 2 aromatic carbocycles. The van der Waals surface area contributed by atoms with Gasteiger partial charge in [-0.1, -0.05) is 42.5 Å². The fourth-order valence-corrected chi connectivity index (χ4v) is 3.90. The zero-order chi connectivity index (χ0) is 20.4. The van der Waals surface area contributed by atoms with E-state index in [9.17, 15) is 14.0 Å². The van der Waals surface area contributed by atoms with Gasteiger partial charge >= 0.3 is 0 Å². The van der Waals surface area contributed by atoms with E-state index in [0.29, 0.717) is 23.5 Å². The minimum atomic E-state index is -0.887. The molecule has 0 atom stereocenters. The first-order chi connectivity index (χ1) is 14.2. The lowest BCUT2D eigenvalue weighted by Gasteiger charge is -2.34. The van der Waals surface area contributed by atoms with Crippen LogP contribution in [0.5, 0.6) is 0 Å². The molecule has 1 aromatic heterocycles. The largest absolute Gasteiger partial charge is 0.358 e. The standard InChI is InChI=1S/C24H21F2N3/c1-17-10-11-20-21(16-27)24(22-9-5-6-12-28(22)19(14-25)15-26)29(23(20)13-17)18-7-3-2-4-8-18/h2-11,13,19H,12,14-15H2,1H3. The number of hydrogen-bond donors (Lipinski definition) is 0. The third-order valence-corrected chi connectivity index (χ3v) is 5.29. The molecule has 0 unspecified atom stereocenters. The number of nitriles is 1. The van der Waals surface area contributed by atoms with Gasteiger partial charge in [-0.15, -0.1) is 0 Å². The fraction of sp³-hybridized carbons (Fsp3) is 0.208. The van der Waals surface area contributed by atoms with Crippen molar-refractivity contribution in [3.8, 4) is 11.8 Å². The van der Waals surface area contributed by atoms with Crippen LogP contribution in [0.25, 0.3) is 22.3 Å². The number of benzene rings is 2. The van der Waals surface area contributed by atoms with Crippen molar-refractivity contribution < 1.29 is 8.78 Å². The first-order valence-corrected chi connectivity index (χ1v) is 9.56. The topological polar surface area (TPSA) is 32.0 Å². The Bertz CT molecular complexity index is 1130. The number of rotatable bonds is 5. The Morgan fingerprint density at radius 2 is 1.86 bits per heavy atom. The molecule has 3 aromatic rings. The normalized spacial score (nSPS) is 13.8. The molecule has 2 heterocycles. The van der Waals surface area contributed by atoms with E-state index in [4.69, 9.17) is 0 Å². The lowest BCUT2D eigenvalue weighted by atomic mass is 10.1. The highest BCUT2D eigenvalue weighted by atomic mass is 19.1. The highest BCUT2D eigenvalue weighted by Crippen LogP contribution is 2.37. The van der Waals surface area contributed by atoms with Crippen LogP contribution in [0.2, 0.25) is 0 Å².